The highest BCUT2D eigenvalue weighted by molar-refractivity contribution is 6.07. The Hall–Kier alpha value is -3.13. The number of halogens is 1. The average molecular weight is 351 g/mol. The molecule has 0 saturated heterocycles. The number of para-hydroxylation sites is 1. The maximum atomic E-state index is 12.9. The van der Waals surface area contributed by atoms with Gasteiger partial charge in [-0.1, -0.05) is 44.2 Å². The number of carbonyl (C=O) groups is 1. The van der Waals surface area contributed by atoms with Gasteiger partial charge in [-0.05, 0) is 41.7 Å². The monoisotopic (exact) mass is 351 g/mol. The first-order valence-electron chi connectivity index (χ1n) is 8.41. The maximum Gasteiger partial charge on any atom is 0.267 e. The second-order valence-electron chi connectivity index (χ2n) is 6.33. The van der Waals surface area contributed by atoms with Gasteiger partial charge in [-0.2, -0.15) is 5.26 Å². The molecule has 0 aliphatic carbocycles. The summed E-state index contributed by atoms with van der Waals surface area (Å²) in [5.41, 5.74) is 3.54. The van der Waals surface area contributed by atoms with Crippen LogP contribution in [0, 0.1) is 24.1 Å². The van der Waals surface area contributed by atoms with E-state index in [-0.39, 0.29) is 17.3 Å². The number of carbonyl (C=O) groups excluding carboxylic acids is 1. The molecule has 2 N–H and O–H groups in total. The molecule has 0 saturated carbocycles. The Kier molecular flexibility index (Phi) is 6.51. The smallest absolute Gasteiger partial charge is 0.267 e. The van der Waals surface area contributed by atoms with E-state index in [0.29, 0.717) is 6.54 Å². The number of nitriles is 1. The highest BCUT2D eigenvalue weighted by Crippen LogP contribution is 2.27. The number of rotatable bonds is 6. The van der Waals surface area contributed by atoms with Gasteiger partial charge < -0.3 is 10.6 Å². The van der Waals surface area contributed by atoms with Crippen molar-refractivity contribution in [3.63, 3.8) is 0 Å². The molecule has 0 fully saturated rings. The Morgan fingerprint density at radius 3 is 2.54 bits per heavy atom. The van der Waals surface area contributed by atoms with Crippen LogP contribution in [0.2, 0.25) is 0 Å². The van der Waals surface area contributed by atoms with Gasteiger partial charge in [0.1, 0.15) is 17.5 Å². The first-order chi connectivity index (χ1) is 12.4. The van der Waals surface area contributed by atoms with Crippen molar-refractivity contribution >= 4 is 11.6 Å². The van der Waals surface area contributed by atoms with Gasteiger partial charge in [0, 0.05) is 18.4 Å². The van der Waals surface area contributed by atoms with Crippen LogP contribution in [0.15, 0.2) is 54.2 Å². The minimum Gasteiger partial charge on any atom is -0.386 e. The van der Waals surface area contributed by atoms with Crippen molar-refractivity contribution in [2.45, 2.75) is 33.2 Å². The van der Waals surface area contributed by atoms with Crippen molar-refractivity contribution in [2.75, 3.05) is 5.32 Å². The molecule has 0 aliphatic heterocycles. The van der Waals surface area contributed by atoms with Crippen molar-refractivity contribution < 1.29 is 9.18 Å². The van der Waals surface area contributed by atoms with E-state index >= 15 is 0 Å². The molecule has 26 heavy (non-hydrogen) atoms. The number of hydrogen-bond donors (Lipinski definition) is 2. The molecule has 0 atom stereocenters. The molecule has 0 bridgehead atoms. The fourth-order valence-electron chi connectivity index (χ4n) is 2.54. The zero-order chi connectivity index (χ0) is 19.1. The highest BCUT2D eigenvalue weighted by Gasteiger charge is 2.15. The first-order valence-corrected chi connectivity index (χ1v) is 8.41. The van der Waals surface area contributed by atoms with E-state index in [1.807, 2.05) is 31.2 Å². The third kappa shape index (κ3) is 4.93. The van der Waals surface area contributed by atoms with Crippen LogP contribution in [-0.4, -0.2) is 5.91 Å². The van der Waals surface area contributed by atoms with E-state index in [4.69, 9.17) is 0 Å². The standard InChI is InChI=1S/C21H22FN3O/c1-14(2)19-6-4-5-15(3)20(19)25-21(26)17(11-23)13-24-12-16-7-9-18(22)10-8-16/h4-10,13-14,24H,12H2,1-3H3,(H,25,26)/b17-13-. The number of benzene rings is 2. The lowest BCUT2D eigenvalue weighted by Gasteiger charge is -2.16. The molecule has 0 radical (unpaired) electrons. The Labute approximate surface area is 153 Å². The van der Waals surface area contributed by atoms with Crippen LogP contribution in [0.5, 0.6) is 0 Å². The van der Waals surface area contributed by atoms with Crippen LogP contribution in [0.1, 0.15) is 36.5 Å². The molecule has 134 valence electrons. The molecule has 0 unspecified atom stereocenters. The number of nitrogens with one attached hydrogen (secondary N) is 2. The minimum atomic E-state index is -0.463. The summed E-state index contributed by atoms with van der Waals surface area (Å²) >= 11 is 0. The summed E-state index contributed by atoms with van der Waals surface area (Å²) in [6, 6.07) is 13.8. The van der Waals surface area contributed by atoms with E-state index < -0.39 is 5.91 Å². The number of amides is 1. The normalized spacial score (nSPS) is 11.2. The molecule has 4 nitrogen and oxygen atoms in total. The summed E-state index contributed by atoms with van der Waals surface area (Å²) in [6.07, 6.45) is 1.38. The minimum absolute atomic E-state index is 0.0231. The molecule has 0 aromatic heterocycles. The summed E-state index contributed by atoms with van der Waals surface area (Å²) in [7, 11) is 0. The van der Waals surface area contributed by atoms with Crippen molar-refractivity contribution in [1.82, 2.24) is 5.32 Å². The Morgan fingerprint density at radius 1 is 1.23 bits per heavy atom. The van der Waals surface area contributed by atoms with E-state index in [1.54, 1.807) is 12.1 Å². The predicted molar refractivity (Wildman–Crippen MR) is 101 cm³/mol. The quantitative estimate of drug-likeness (QED) is 0.599. The van der Waals surface area contributed by atoms with Gasteiger partial charge in [-0.25, -0.2) is 4.39 Å². The lowest BCUT2D eigenvalue weighted by atomic mass is 9.98. The van der Waals surface area contributed by atoms with Crippen LogP contribution in [0.4, 0.5) is 10.1 Å². The van der Waals surface area contributed by atoms with Crippen LogP contribution in [0.25, 0.3) is 0 Å². The molecule has 5 heteroatoms. The van der Waals surface area contributed by atoms with E-state index in [1.165, 1.54) is 18.3 Å². The lowest BCUT2D eigenvalue weighted by molar-refractivity contribution is -0.112. The zero-order valence-electron chi connectivity index (χ0n) is 15.1. The Balaban J connectivity index is 2.09. The van der Waals surface area contributed by atoms with Crippen molar-refractivity contribution in [1.29, 1.82) is 5.26 Å². The summed E-state index contributed by atoms with van der Waals surface area (Å²) in [6.45, 7) is 6.41. The van der Waals surface area contributed by atoms with Crippen LogP contribution < -0.4 is 10.6 Å². The summed E-state index contributed by atoms with van der Waals surface area (Å²) in [5.74, 6) is -0.521. The van der Waals surface area contributed by atoms with Crippen LogP contribution >= 0.6 is 0 Å². The second kappa shape index (κ2) is 8.82. The Morgan fingerprint density at radius 2 is 1.92 bits per heavy atom. The predicted octanol–water partition coefficient (Wildman–Crippen LogP) is 4.39. The lowest BCUT2D eigenvalue weighted by Crippen LogP contribution is -2.18. The van der Waals surface area contributed by atoms with Gasteiger partial charge in [0.2, 0.25) is 0 Å². The third-order valence-electron chi connectivity index (χ3n) is 4.00. The average Bonchev–Trinajstić information content (AvgIpc) is 2.61. The van der Waals surface area contributed by atoms with Crippen LogP contribution in [-0.2, 0) is 11.3 Å². The van der Waals surface area contributed by atoms with E-state index in [2.05, 4.69) is 24.5 Å². The highest BCUT2D eigenvalue weighted by atomic mass is 19.1. The van der Waals surface area contributed by atoms with Gasteiger partial charge >= 0.3 is 0 Å². The molecular formula is C21H22FN3O. The maximum absolute atomic E-state index is 12.9. The van der Waals surface area contributed by atoms with E-state index in [0.717, 1.165) is 22.4 Å². The van der Waals surface area contributed by atoms with Crippen molar-refractivity contribution in [3.05, 3.63) is 76.7 Å². The van der Waals surface area contributed by atoms with E-state index in [9.17, 15) is 14.4 Å². The molecule has 2 aromatic carbocycles. The molecule has 2 aromatic rings. The molecule has 0 spiro atoms. The summed E-state index contributed by atoms with van der Waals surface area (Å²) in [5, 5.41) is 15.1. The topological polar surface area (TPSA) is 64.9 Å². The second-order valence-corrected chi connectivity index (χ2v) is 6.33. The summed E-state index contributed by atoms with van der Waals surface area (Å²) < 4.78 is 12.9. The molecule has 1 amide bonds. The SMILES string of the molecule is Cc1cccc(C(C)C)c1NC(=O)/C(C#N)=C\NCc1ccc(F)cc1. The van der Waals surface area contributed by atoms with Gasteiger partial charge in [0.15, 0.2) is 0 Å². The summed E-state index contributed by atoms with van der Waals surface area (Å²) in [4.78, 5) is 12.5. The fraction of sp³-hybridized carbons (Fsp3) is 0.238. The molecular weight excluding hydrogens is 329 g/mol. The number of hydrogen-bond acceptors (Lipinski definition) is 3. The van der Waals surface area contributed by atoms with Gasteiger partial charge in [-0.15, -0.1) is 0 Å². The van der Waals surface area contributed by atoms with Crippen molar-refractivity contribution in [3.8, 4) is 6.07 Å². The van der Waals surface area contributed by atoms with Crippen molar-refractivity contribution in [2.24, 2.45) is 0 Å². The number of anilines is 1. The van der Waals surface area contributed by atoms with Gasteiger partial charge in [0.25, 0.3) is 5.91 Å². The van der Waals surface area contributed by atoms with Gasteiger partial charge in [-0.3, -0.25) is 4.79 Å². The van der Waals surface area contributed by atoms with Crippen LogP contribution in [0.3, 0.4) is 0 Å². The largest absolute Gasteiger partial charge is 0.386 e. The number of nitrogens with zero attached hydrogens (tertiary/aromatic N) is 1. The molecule has 0 heterocycles. The molecule has 2 rings (SSSR count). The Bertz CT molecular complexity index is 849. The third-order valence-corrected chi connectivity index (χ3v) is 4.00. The number of aryl methyl sites for hydroxylation is 1. The molecule has 0 aliphatic rings. The first kappa shape index (κ1) is 19.2. The van der Waals surface area contributed by atoms with Gasteiger partial charge in [0.05, 0.1) is 0 Å². The fourth-order valence-corrected chi connectivity index (χ4v) is 2.54. The zero-order valence-corrected chi connectivity index (χ0v) is 15.1.